The average Bonchev–Trinajstić information content (AvgIpc) is 2.90. The molecule has 1 heterocycles. The van der Waals surface area contributed by atoms with Crippen molar-refractivity contribution in [1.82, 2.24) is 0 Å². The quantitative estimate of drug-likeness (QED) is 0.628. The number of methoxy groups -OCH3 is 1. The van der Waals surface area contributed by atoms with E-state index in [1.165, 1.54) is 7.11 Å². The lowest BCUT2D eigenvalue weighted by molar-refractivity contribution is 0.0602. The molecule has 0 aliphatic carbocycles. The molecule has 0 bridgehead atoms. The average molecular weight is 250 g/mol. The van der Waals surface area contributed by atoms with E-state index < -0.39 is 5.97 Å². The molecule has 0 spiro atoms. The van der Waals surface area contributed by atoms with Gasteiger partial charge in [0.05, 0.1) is 30.2 Å². The third kappa shape index (κ3) is 2.73. The van der Waals surface area contributed by atoms with Crippen LogP contribution in [0.4, 0.5) is 11.4 Å². The van der Waals surface area contributed by atoms with Gasteiger partial charge in [0.1, 0.15) is 0 Å². The number of hydrogen-bond donors (Lipinski definition) is 2. The number of carbonyl (C=O) groups excluding carboxylic acids is 1. The van der Waals surface area contributed by atoms with E-state index in [-0.39, 0.29) is 6.10 Å². The lowest BCUT2D eigenvalue weighted by atomic mass is 10.1. The molecule has 1 atom stereocenters. The zero-order chi connectivity index (χ0) is 13.0. The lowest BCUT2D eigenvalue weighted by Crippen LogP contribution is -2.19. The van der Waals surface area contributed by atoms with Gasteiger partial charge in [-0.1, -0.05) is 6.07 Å². The molecule has 98 valence electrons. The Hall–Kier alpha value is -1.75. The molecule has 1 aromatic carbocycles. The predicted molar refractivity (Wildman–Crippen MR) is 69.7 cm³/mol. The van der Waals surface area contributed by atoms with E-state index in [1.807, 2.05) is 6.07 Å². The number of ether oxygens (including phenoxy) is 2. The van der Waals surface area contributed by atoms with Gasteiger partial charge in [-0.15, -0.1) is 0 Å². The maximum absolute atomic E-state index is 11.5. The van der Waals surface area contributed by atoms with Crippen LogP contribution in [0.15, 0.2) is 18.2 Å². The van der Waals surface area contributed by atoms with Gasteiger partial charge in [-0.05, 0) is 25.0 Å². The van der Waals surface area contributed by atoms with Crippen LogP contribution in [0.2, 0.25) is 0 Å². The summed E-state index contributed by atoms with van der Waals surface area (Å²) >= 11 is 0. The molecule has 5 nitrogen and oxygen atoms in total. The molecule has 0 saturated carbocycles. The van der Waals surface area contributed by atoms with Crippen molar-refractivity contribution in [2.75, 3.05) is 31.3 Å². The van der Waals surface area contributed by atoms with Gasteiger partial charge in [0.25, 0.3) is 0 Å². The van der Waals surface area contributed by atoms with E-state index in [4.69, 9.17) is 10.5 Å². The Bertz CT molecular complexity index is 428. The number of rotatable bonds is 4. The van der Waals surface area contributed by atoms with E-state index in [9.17, 15) is 4.79 Å². The fourth-order valence-corrected chi connectivity index (χ4v) is 2.04. The number of hydrogen-bond acceptors (Lipinski definition) is 5. The van der Waals surface area contributed by atoms with Crippen molar-refractivity contribution in [1.29, 1.82) is 0 Å². The Balaban J connectivity index is 2.05. The number of para-hydroxylation sites is 1. The molecule has 0 aromatic heterocycles. The first-order chi connectivity index (χ1) is 8.72. The second kappa shape index (κ2) is 5.73. The summed E-state index contributed by atoms with van der Waals surface area (Å²) in [5, 5.41) is 3.22. The summed E-state index contributed by atoms with van der Waals surface area (Å²) in [4.78, 5) is 11.5. The normalized spacial score (nSPS) is 18.6. The summed E-state index contributed by atoms with van der Waals surface area (Å²) < 4.78 is 10.2. The second-order valence-electron chi connectivity index (χ2n) is 4.27. The van der Waals surface area contributed by atoms with Gasteiger partial charge in [0, 0.05) is 13.2 Å². The Kier molecular flexibility index (Phi) is 4.04. The molecule has 3 N–H and O–H groups in total. The van der Waals surface area contributed by atoms with Gasteiger partial charge in [-0.3, -0.25) is 0 Å². The minimum absolute atomic E-state index is 0.228. The minimum Gasteiger partial charge on any atom is -0.465 e. The fraction of sp³-hybridized carbons (Fsp3) is 0.462. The number of carbonyl (C=O) groups is 1. The third-order valence-electron chi connectivity index (χ3n) is 3.06. The van der Waals surface area contributed by atoms with Crippen molar-refractivity contribution in [2.24, 2.45) is 0 Å². The number of anilines is 2. The largest absolute Gasteiger partial charge is 0.465 e. The van der Waals surface area contributed by atoms with E-state index >= 15 is 0 Å². The highest BCUT2D eigenvalue weighted by Crippen LogP contribution is 2.24. The number of nitrogens with one attached hydrogen (secondary N) is 1. The smallest absolute Gasteiger partial charge is 0.340 e. The van der Waals surface area contributed by atoms with Crippen LogP contribution in [0.25, 0.3) is 0 Å². The van der Waals surface area contributed by atoms with Crippen LogP contribution in [0.5, 0.6) is 0 Å². The monoisotopic (exact) mass is 250 g/mol. The number of nitrogen functional groups attached to an aromatic ring is 1. The van der Waals surface area contributed by atoms with Crippen molar-refractivity contribution in [2.45, 2.75) is 18.9 Å². The van der Waals surface area contributed by atoms with Crippen molar-refractivity contribution in [3.63, 3.8) is 0 Å². The highest BCUT2D eigenvalue weighted by molar-refractivity contribution is 5.98. The van der Waals surface area contributed by atoms with E-state index in [1.54, 1.807) is 12.1 Å². The van der Waals surface area contributed by atoms with Crippen LogP contribution in [-0.4, -0.2) is 32.3 Å². The number of nitrogens with two attached hydrogens (primary N) is 1. The SMILES string of the molecule is COC(=O)c1cccc(NCC2CCCO2)c1N. The van der Waals surface area contributed by atoms with Crippen molar-refractivity contribution >= 4 is 17.3 Å². The van der Waals surface area contributed by atoms with E-state index in [0.29, 0.717) is 17.8 Å². The summed E-state index contributed by atoms with van der Waals surface area (Å²) in [7, 11) is 1.34. The van der Waals surface area contributed by atoms with Crippen LogP contribution in [0, 0.1) is 0 Å². The maximum atomic E-state index is 11.5. The maximum Gasteiger partial charge on any atom is 0.340 e. The summed E-state index contributed by atoms with van der Waals surface area (Å²) in [6.07, 6.45) is 2.39. The highest BCUT2D eigenvalue weighted by Gasteiger charge is 2.17. The molecule has 1 fully saturated rings. The molecular formula is C13H18N2O3. The molecule has 1 unspecified atom stereocenters. The van der Waals surface area contributed by atoms with Gasteiger partial charge >= 0.3 is 5.97 Å². The van der Waals surface area contributed by atoms with E-state index in [2.05, 4.69) is 10.1 Å². The number of benzene rings is 1. The van der Waals surface area contributed by atoms with Gasteiger partial charge in [0.15, 0.2) is 0 Å². The minimum atomic E-state index is -0.423. The molecule has 5 heteroatoms. The van der Waals surface area contributed by atoms with Gasteiger partial charge < -0.3 is 20.5 Å². The predicted octanol–water partition coefficient (Wildman–Crippen LogP) is 1.65. The summed E-state index contributed by atoms with van der Waals surface area (Å²) in [6.45, 7) is 1.53. The topological polar surface area (TPSA) is 73.6 Å². The first-order valence-corrected chi connectivity index (χ1v) is 6.04. The summed E-state index contributed by atoms with van der Waals surface area (Å²) in [5.41, 5.74) is 7.49. The molecule has 0 radical (unpaired) electrons. The molecule has 1 saturated heterocycles. The second-order valence-corrected chi connectivity index (χ2v) is 4.27. The fourth-order valence-electron chi connectivity index (χ4n) is 2.04. The zero-order valence-corrected chi connectivity index (χ0v) is 10.4. The van der Waals surface area contributed by atoms with Crippen LogP contribution < -0.4 is 11.1 Å². The van der Waals surface area contributed by atoms with Crippen LogP contribution >= 0.6 is 0 Å². The first-order valence-electron chi connectivity index (χ1n) is 6.04. The molecule has 0 amide bonds. The molecule has 1 aliphatic rings. The Morgan fingerprint density at radius 2 is 2.44 bits per heavy atom. The molecule has 2 rings (SSSR count). The Morgan fingerprint density at radius 3 is 3.11 bits per heavy atom. The van der Waals surface area contributed by atoms with Gasteiger partial charge in [-0.2, -0.15) is 0 Å². The standard InChI is InChI=1S/C13H18N2O3/c1-17-13(16)10-5-2-6-11(12(10)14)15-8-9-4-3-7-18-9/h2,5-6,9,15H,3-4,7-8,14H2,1H3. The summed E-state index contributed by atoms with van der Waals surface area (Å²) in [5.74, 6) is -0.423. The van der Waals surface area contributed by atoms with Crippen LogP contribution in [-0.2, 0) is 9.47 Å². The molecule has 18 heavy (non-hydrogen) atoms. The van der Waals surface area contributed by atoms with Crippen molar-refractivity contribution in [3.05, 3.63) is 23.8 Å². The first kappa shape index (κ1) is 12.7. The van der Waals surface area contributed by atoms with Gasteiger partial charge in [0.2, 0.25) is 0 Å². The highest BCUT2D eigenvalue weighted by atomic mass is 16.5. The Morgan fingerprint density at radius 1 is 1.61 bits per heavy atom. The third-order valence-corrected chi connectivity index (χ3v) is 3.06. The molecule has 1 aromatic rings. The molecular weight excluding hydrogens is 232 g/mol. The van der Waals surface area contributed by atoms with E-state index in [0.717, 1.165) is 25.1 Å². The summed E-state index contributed by atoms with van der Waals surface area (Å²) in [6, 6.07) is 5.27. The Labute approximate surface area is 106 Å². The van der Waals surface area contributed by atoms with Gasteiger partial charge in [-0.25, -0.2) is 4.79 Å². The lowest BCUT2D eigenvalue weighted by Gasteiger charge is -2.15. The van der Waals surface area contributed by atoms with Crippen molar-refractivity contribution < 1.29 is 14.3 Å². The zero-order valence-electron chi connectivity index (χ0n) is 10.4. The van der Waals surface area contributed by atoms with Crippen LogP contribution in [0.3, 0.4) is 0 Å². The number of esters is 1. The van der Waals surface area contributed by atoms with Crippen LogP contribution in [0.1, 0.15) is 23.2 Å². The molecule has 1 aliphatic heterocycles. The van der Waals surface area contributed by atoms with Crippen molar-refractivity contribution in [3.8, 4) is 0 Å².